The van der Waals surface area contributed by atoms with E-state index in [2.05, 4.69) is 13.8 Å². The first-order valence-electron chi connectivity index (χ1n) is 8.34. The molecular formula is C21H18O5S. The van der Waals surface area contributed by atoms with Gasteiger partial charge in [-0.2, -0.15) is 0 Å². The molecule has 0 radical (unpaired) electrons. The molecule has 3 aromatic rings. The number of carboxylic acid groups (broad SMARTS) is 1. The first-order valence-corrected chi connectivity index (χ1v) is 9.16. The predicted molar refractivity (Wildman–Crippen MR) is 104 cm³/mol. The van der Waals surface area contributed by atoms with Crippen molar-refractivity contribution in [3.05, 3.63) is 76.1 Å². The van der Waals surface area contributed by atoms with Crippen LogP contribution in [0.25, 0.3) is 11.3 Å². The second kappa shape index (κ2) is 7.72. The van der Waals surface area contributed by atoms with Gasteiger partial charge >= 0.3 is 11.6 Å². The summed E-state index contributed by atoms with van der Waals surface area (Å²) in [4.78, 5) is 24.6. The molecule has 1 aromatic heterocycles. The van der Waals surface area contributed by atoms with Crippen molar-refractivity contribution in [2.75, 3.05) is 0 Å². The van der Waals surface area contributed by atoms with Crippen LogP contribution >= 0.6 is 11.8 Å². The number of hydrogen-bond acceptors (Lipinski definition) is 5. The summed E-state index contributed by atoms with van der Waals surface area (Å²) in [7, 11) is 0. The van der Waals surface area contributed by atoms with Crippen molar-refractivity contribution in [2.45, 2.75) is 29.6 Å². The maximum absolute atomic E-state index is 12.5. The minimum absolute atomic E-state index is 0.0685. The highest BCUT2D eigenvalue weighted by Gasteiger charge is 2.17. The first-order chi connectivity index (χ1) is 12.9. The van der Waals surface area contributed by atoms with Crippen LogP contribution in [0.3, 0.4) is 0 Å². The lowest BCUT2D eigenvalue weighted by Gasteiger charge is -2.12. The number of carbonyl (C=O) groups is 1. The first kappa shape index (κ1) is 18.8. The Bertz CT molecular complexity index is 1050. The Morgan fingerprint density at radius 2 is 1.81 bits per heavy atom. The highest BCUT2D eigenvalue weighted by Crippen LogP contribution is 2.37. The van der Waals surface area contributed by atoms with Crippen LogP contribution in [0, 0.1) is 0 Å². The van der Waals surface area contributed by atoms with E-state index < -0.39 is 11.6 Å². The van der Waals surface area contributed by atoms with Crippen LogP contribution in [-0.2, 0) is 0 Å². The molecule has 27 heavy (non-hydrogen) atoms. The lowest BCUT2D eigenvalue weighted by molar-refractivity contribution is 0.0697. The Kier molecular flexibility index (Phi) is 5.37. The molecule has 1 heterocycles. The van der Waals surface area contributed by atoms with Gasteiger partial charge in [0.1, 0.15) is 16.4 Å². The minimum Gasteiger partial charge on any atom is -0.506 e. The quantitative estimate of drug-likeness (QED) is 0.647. The molecule has 0 unspecified atom stereocenters. The summed E-state index contributed by atoms with van der Waals surface area (Å²) in [5, 5.41) is 19.5. The fourth-order valence-corrected chi connectivity index (χ4v) is 3.75. The third-order valence-electron chi connectivity index (χ3n) is 4.04. The van der Waals surface area contributed by atoms with E-state index >= 15 is 0 Å². The second-order valence-electron chi connectivity index (χ2n) is 6.29. The van der Waals surface area contributed by atoms with Gasteiger partial charge in [0.05, 0.1) is 5.56 Å². The Morgan fingerprint density at radius 1 is 1.07 bits per heavy atom. The van der Waals surface area contributed by atoms with E-state index in [1.807, 2.05) is 24.3 Å². The van der Waals surface area contributed by atoms with Crippen LogP contribution in [0.4, 0.5) is 0 Å². The number of rotatable bonds is 5. The summed E-state index contributed by atoms with van der Waals surface area (Å²) < 4.78 is 5.35. The lowest BCUT2D eigenvalue weighted by atomic mass is 10.0. The van der Waals surface area contributed by atoms with Crippen molar-refractivity contribution in [2.24, 2.45) is 0 Å². The van der Waals surface area contributed by atoms with Crippen molar-refractivity contribution in [3.8, 4) is 17.1 Å². The van der Waals surface area contributed by atoms with Gasteiger partial charge in [0, 0.05) is 16.5 Å². The van der Waals surface area contributed by atoms with Crippen LogP contribution in [-0.4, -0.2) is 16.2 Å². The summed E-state index contributed by atoms with van der Waals surface area (Å²) in [5.41, 5.74) is 0.870. The zero-order valence-electron chi connectivity index (χ0n) is 14.8. The summed E-state index contributed by atoms with van der Waals surface area (Å²) >= 11 is 1.16. The average molecular weight is 382 g/mol. The van der Waals surface area contributed by atoms with E-state index in [1.165, 1.54) is 18.2 Å². The largest absolute Gasteiger partial charge is 0.506 e. The van der Waals surface area contributed by atoms with Crippen molar-refractivity contribution in [1.29, 1.82) is 0 Å². The molecule has 0 aliphatic rings. The molecular weight excluding hydrogens is 364 g/mol. The third kappa shape index (κ3) is 4.06. The van der Waals surface area contributed by atoms with Crippen LogP contribution < -0.4 is 5.63 Å². The van der Waals surface area contributed by atoms with Gasteiger partial charge in [0.25, 0.3) is 0 Å². The highest BCUT2D eigenvalue weighted by atomic mass is 32.2. The zero-order valence-corrected chi connectivity index (χ0v) is 15.6. The molecule has 2 aromatic carbocycles. The van der Waals surface area contributed by atoms with Crippen LogP contribution in [0.5, 0.6) is 5.75 Å². The Balaban J connectivity index is 2.01. The fourth-order valence-electron chi connectivity index (χ4n) is 2.67. The number of carboxylic acids is 1. The smallest absolute Gasteiger partial charge is 0.354 e. The van der Waals surface area contributed by atoms with E-state index in [-0.39, 0.29) is 27.9 Å². The van der Waals surface area contributed by atoms with Gasteiger partial charge in [-0.15, -0.1) is 0 Å². The molecule has 5 nitrogen and oxygen atoms in total. The maximum Gasteiger partial charge on any atom is 0.354 e. The molecule has 0 amide bonds. The summed E-state index contributed by atoms with van der Waals surface area (Å²) in [6.07, 6.45) is 0. The molecule has 6 heteroatoms. The molecule has 2 N–H and O–H groups in total. The SMILES string of the molecule is CC(C)c1ccccc1Sc1c(O)cc(-c2cccc(C(=O)O)c2)oc1=O. The fraction of sp³-hybridized carbons (Fsp3) is 0.143. The highest BCUT2D eigenvalue weighted by molar-refractivity contribution is 7.99. The Morgan fingerprint density at radius 3 is 2.48 bits per heavy atom. The summed E-state index contributed by atoms with van der Waals surface area (Å²) in [6.45, 7) is 4.11. The maximum atomic E-state index is 12.5. The molecule has 138 valence electrons. The monoisotopic (exact) mass is 382 g/mol. The average Bonchev–Trinajstić information content (AvgIpc) is 2.64. The standard InChI is InChI=1S/C21H18O5S/c1-12(2)15-8-3-4-9-18(15)27-19-16(22)11-17(26-21(19)25)13-6-5-7-14(10-13)20(23)24/h3-12,22H,1-2H3,(H,23,24). The van der Waals surface area contributed by atoms with Crippen LogP contribution in [0.2, 0.25) is 0 Å². The number of benzene rings is 2. The van der Waals surface area contributed by atoms with Gasteiger partial charge in [0.15, 0.2) is 0 Å². The second-order valence-corrected chi connectivity index (χ2v) is 7.35. The van der Waals surface area contributed by atoms with Crippen molar-refractivity contribution in [3.63, 3.8) is 0 Å². The minimum atomic E-state index is -1.08. The molecule has 0 spiro atoms. The lowest BCUT2D eigenvalue weighted by Crippen LogP contribution is -2.04. The van der Waals surface area contributed by atoms with Gasteiger partial charge in [-0.1, -0.05) is 55.9 Å². The molecule has 0 fully saturated rings. The molecule has 0 saturated heterocycles. The van der Waals surface area contributed by atoms with Crippen molar-refractivity contribution >= 4 is 17.7 Å². The van der Waals surface area contributed by atoms with Crippen LogP contribution in [0.1, 0.15) is 35.7 Å². The topological polar surface area (TPSA) is 87.7 Å². The normalized spacial score (nSPS) is 10.9. The predicted octanol–water partition coefficient (Wildman–Crippen LogP) is 4.99. The molecule has 0 aliphatic carbocycles. The van der Waals surface area contributed by atoms with Gasteiger partial charge in [-0.05, 0) is 29.7 Å². The van der Waals surface area contributed by atoms with Gasteiger partial charge < -0.3 is 14.6 Å². The van der Waals surface area contributed by atoms with E-state index in [0.29, 0.717) is 5.56 Å². The molecule has 0 bridgehead atoms. The van der Waals surface area contributed by atoms with Crippen molar-refractivity contribution < 1.29 is 19.4 Å². The van der Waals surface area contributed by atoms with Gasteiger partial charge in [0.2, 0.25) is 0 Å². The zero-order chi connectivity index (χ0) is 19.6. The van der Waals surface area contributed by atoms with E-state index in [9.17, 15) is 14.7 Å². The van der Waals surface area contributed by atoms with E-state index in [4.69, 9.17) is 9.52 Å². The Labute approximate surface area is 160 Å². The molecule has 0 aliphatic heterocycles. The number of aromatic carboxylic acids is 1. The van der Waals surface area contributed by atoms with Gasteiger partial charge in [-0.3, -0.25) is 0 Å². The van der Waals surface area contributed by atoms with E-state index in [1.54, 1.807) is 12.1 Å². The number of hydrogen-bond donors (Lipinski definition) is 2. The third-order valence-corrected chi connectivity index (χ3v) is 5.21. The molecule has 0 saturated carbocycles. The Hall–Kier alpha value is -2.99. The van der Waals surface area contributed by atoms with Crippen molar-refractivity contribution in [1.82, 2.24) is 0 Å². The number of aromatic hydroxyl groups is 1. The van der Waals surface area contributed by atoms with Crippen LogP contribution in [0.15, 0.2) is 73.6 Å². The summed E-state index contributed by atoms with van der Waals surface area (Å²) in [5.74, 6) is -0.908. The molecule has 0 atom stereocenters. The van der Waals surface area contributed by atoms with E-state index in [0.717, 1.165) is 22.2 Å². The molecule has 3 rings (SSSR count). The summed E-state index contributed by atoms with van der Waals surface area (Å²) in [6, 6.07) is 15.0. The van der Waals surface area contributed by atoms with Gasteiger partial charge in [-0.25, -0.2) is 9.59 Å².